The molecule has 0 aliphatic heterocycles. The van der Waals surface area contributed by atoms with Gasteiger partial charge in [0, 0.05) is 10.8 Å². The van der Waals surface area contributed by atoms with Gasteiger partial charge in [-0.2, -0.15) is 22.0 Å². The molecule has 0 spiro atoms. The molecular weight excluding hydrogens is 291 g/mol. The topological polar surface area (TPSA) is 42.0 Å². The van der Waals surface area contributed by atoms with E-state index in [0.717, 1.165) is 11.3 Å². The van der Waals surface area contributed by atoms with Gasteiger partial charge in [-0.1, -0.05) is 20.8 Å². The van der Waals surface area contributed by atoms with Gasteiger partial charge in [0.1, 0.15) is 0 Å². The monoisotopic (exact) mass is 302 g/mol. The molecule has 0 radical (unpaired) electrons. The van der Waals surface area contributed by atoms with Crippen LogP contribution in [-0.4, -0.2) is 23.0 Å². The number of amides is 1. The first-order chi connectivity index (χ1) is 8.35. The summed E-state index contributed by atoms with van der Waals surface area (Å²) in [4.78, 5) is 14.7. The lowest BCUT2D eigenvalue weighted by molar-refractivity contribution is -0.267. The van der Waals surface area contributed by atoms with E-state index in [4.69, 9.17) is 0 Å². The molecule has 9 heteroatoms. The largest absolute Gasteiger partial charge is 0.463 e. The third kappa shape index (κ3) is 3.40. The van der Waals surface area contributed by atoms with Crippen LogP contribution in [0.3, 0.4) is 0 Å². The molecule has 0 unspecified atom stereocenters. The molecule has 0 saturated carbocycles. The minimum Gasteiger partial charge on any atom is -0.296 e. The molecule has 1 amide bonds. The van der Waals surface area contributed by atoms with Crippen molar-refractivity contribution in [2.24, 2.45) is 0 Å². The molecular formula is C10H11F5N2OS. The van der Waals surface area contributed by atoms with Crippen molar-refractivity contribution < 1.29 is 26.7 Å². The fourth-order valence-electron chi connectivity index (χ4n) is 0.980. The lowest BCUT2D eigenvalue weighted by Gasteiger charge is -2.18. The van der Waals surface area contributed by atoms with Gasteiger partial charge in [0.05, 0.1) is 5.69 Å². The summed E-state index contributed by atoms with van der Waals surface area (Å²) >= 11 is 0.788. The molecule has 3 nitrogen and oxygen atoms in total. The number of hydrogen-bond acceptors (Lipinski definition) is 3. The maximum absolute atomic E-state index is 12.7. The van der Waals surface area contributed by atoms with Crippen LogP contribution in [-0.2, 0) is 10.2 Å². The minimum absolute atomic E-state index is 0.293. The molecule has 108 valence electrons. The van der Waals surface area contributed by atoms with Crippen molar-refractivity contribution in [3.63, 3.8) is 0 Å². The first kappa shape index (κ1) is 15.8. The second-order valence-electron chi connectivity index (χ2n) is 4.81. The van der Waals surface area contributed by atoms with Gasteiger partial charge in [0.15, 0.2) is 5.13 Å². The SMILES string of the molecule is CC(C)(C)c1csc(NC(=O)C(F)(F)C(F)(F)F)n1. The first-order valence-corrected chi connectivity index (χ1v) is 5.95. The highest BCUT2D eigenvalue weighted by Crippen LogP contribution is 2.36. The van der Waals surface area contributed by atoms with Crippen molar-refractivity contribution in [3.8, 4) is 0 Å². The summed E-state index contributed by atoms with van der Waals surface area (Å²) in [5.74, 6) is -7.88. The van der Waals surface area contributed by atoms with E-state index in [1.54, 1.807) is 20.8 Å². The van der Waals surface area contributed by atoms with Gasteiger partial charge in [0.2, 0.25) is 0 Å². The van der Waals surface area contributed by atoms with Gasteiger partial charge in [-0.05, 0) is 0 Å². The predicted molar refractivity (Wildman–Crippen MR) is 60.4 cm³/mol. The van der Waals surface area contributed by atoms with E-state index in [2.05, 4.69) is 4.98 Å². The average molecular weight is 302 g/mol. The van der Waals surface area contributed by atoms with Gasteiger partial charge < -0.3 is 0 Å². The first-order valence-electron chi connectivity index (χ1n) is 5.07. The number of thiazole rings is 1. The highest BCUT2D eigenvalue weighted by Gasteiger charge is 2.63. The third-order valence-corrected chi connectivity index (χ3v) is 2.89. The zero-order valence-electron chi connectivity index (χ0n) is 10.2. The Balaban J connectivity index is 2.87. The number of alkyl halides is 5. The minimum atomic E-state index is -5.93. The summed E-state index contributed by atoms with van der Waals surface area (Å²) in [6.07, 6.45) is -5.93. The maximum atomic E-state index is 12.7. The fraction of sp³-hybridized carbons (Fsp3) is 0.600. The van der Waals surface area contributed by atoms with Gasteiger partial charge in [-0.25, -0.2) is 4.98 Å². The van der Waals surface area contributed by atoms with Crippen molar-refractivity contribution in [2.45, 2.75) is 38.3 Å². The van der Waals surface area contributed by atoms with Crippen LogP contribution in [0, 0.1) is 0 Å². The van der Waals surface area contributed by atoms with Crippen LogP contribution in [0.15, 0.2) is 5.38 Å². The molecule has 0 aromatic carbocycles. The molecule has 1 N–H and O–H groups in total. The summed E-state index contributed by atoms with van der Waals surface area (Å²) in [6.45, 7) is 5.37. The molecule has 0 saturated heterocycles. The Hall–Kier alpha value is -1.25. The standard InChI is InChI=1S/C10H11F5N2OS/c1-8(2,3)5-4-19-7(16-5)17-6(18)9(11,12)10(13,14)15/h4H,1-3H3,(H,16,17,18). The Morgan fingerprint density at radius 2 is 1.74 bits per heavy atom. The van der Waals surface area contributed by atoms with Gasteiger partial charge in [-0.3, -0.25) is 10.1 Å². The molecule has 1 rings (SSSR count). The summed E-state index contributed by atoms with van der Waals surface area (Å²) in [5.41, 5.74) is 0.0922. The van der Waals surface area contributed by atoms with Crippen LogP contribution in [0.5, 0.6) is 0 Å². The average Bonchev–Trinajstić information content (AvgIpc) is 2.63. The molecule has 0 aliphatic rings. The second kappa shape index (κ2) is 4.69. The van der Waals surface area contributed by atoms with E-state index in [1.807, 2.05) is 0 Å². The van der Waals surface area contributed by atoms with Gasteiger partial charge in [-0.15, -0.1) is 11.3 Å². The maximum Gasteiger partial charge on any atom is 0.463 e. The molecule has 1 aromatic heterocycles. The zero-order valence-corrected chi connectivity index (χ0v) is 11.0. The molecule has 0 atom stereocenters. The highest BCUT2D eigenvalue weighted by molar-refractivity contribution is 7.14. The zero-order chi connectivity index (χ0) is 15.1. The Bertz CT molecular complexity index is 475. The molecule has 0 aliphatic carbocycles. The van der Waals surface area contributed by atoms with Crippen LogP contribution in [0.25, 0.3) is 0 Å². The van der Waals surface area contributed by atoms with Gasteiger partial charge in [0.25, 0.3) is 0 Å². The van der Waals surface area contributed by atoms with Crippen LogP contribution in [0.2, 0.25) is 0 Å². The fourth-order valence-corrected chi connectivity index (χ4v) is 1.91. The van der Waals surface area contributed by atoms with E-state index in [9.17, 15) is 26.7 Å². The smallest absolute Gasteiger partial charge is 0.296 e. The summed E-state index contributed by atoms with van der Waals surface area (Å²) in [5, 5.41) is 2.67. The Kier molecular flexibility index (Phi) is 3.91. The highest BCUT2D eigenvalue weighted by atomic mass is 32.1. The molecule has 0 fully saturated rings. The molecule has 1 aromatic rings. The second-order valence-corrected chi connectivity index (χ2v) is 5.67. The van der Waals surface area contributed by atoms with Crippen molar-refractivity contribution >= 4 is 22.4 Å². The number of nitrogens with one attached hydrogen (secondary N) is 1. The van der Waals surface area contributed by atoms with Crippen LogP contribution in [0.4, 0.5) is 27.1 Å². The number of nitrogens with zero attached hydrogens (tertiary/aromatic N) is 1. The lowest BCUT2D eigenvalue weighted by atomic mass is 9.93. The Morgan fingerprint density at radius 1 is 1.21 bits per heavy atom. The predicted octanol–water partition coefficient (Wildman–Crippen LogP) is 3.58. The van der Waals surface area contributed by atoms with Crippen LogP contribution in [0.1, 0.15) is 26.5 Å². The lowest BCUT2D eigenvalue weighted by Crippen LogP contribution is -2.47. The van der Waals surface area contributed by atoms with Crippen molar-refractivity contribution in [1.82, 2.24) is 4.98 Å². The van der Waals surface area contributed by atoms with Crippen molar-refractivity contribution in [2.75, 3.05) is 5.32 Å². The summed E-state index contributed by atoms with van der Waals surface area (Å²) in [7, 11) is 0. The summed E-state index contributed by atoms with van der Waals surface area (Å²) < 4.78 is 61.2. The van der Waals surface area contributed by atoms with E-state index >= 15 is 0 Å². The normalized spacial score (nSPS) is 13.5. The number of rotatable bonds is 2. The van der Waals surface area contributed by atoms with Crippen LogP contribution >= 0.6 is 11.3 Å². The Morgan fingerprint density at radius 3 is 2.11 bits per heavy atom. The van der Waals surface area contributed by atoms with Crippen LogP contribution < -0.4 is 5.32 Å². The number of hydrogen-bond donors (Lipinski definition) is 1. The number of anilines is 1. The van der Waals surface area contributed by atoms with E-state index in [-0.39, 0.29) is 5.13 Å². The number of halogens is 5. The molecule has 19 heavy (non-hydrogen) atoms. The van der Waals surface area contributed by atoms with E-state index in [0.29, 0.717) is 5.69 Å². The summed E-state index contributed by atoms with van der Waals surface area (Å²) in [6, 6.07) is 0. The molecule has 1 heterocycles. The van der Waals surface area contributed by atoms with E-state index in [1.165, 1.54) is 10.7 Å². The van der Waals surface area contributed by atoms with Crippen molar-refractivity contribution in [1.29, 1.82) is 0 Å². The molecule has 0 bridgehead atoms. The van der Waals surface area contributed by atoms with E-state index < -0.39 is 23.4 Å². The number of carbonyl (C=O) groups is 1. The Labute approximate surface area is 109 Å². The number of aromatic nitrogens is 1. The number of carbonyl (C=O) groups excluding carboxylic acids is 1. The van der Waals surface area contributed by atoms with Crippen molar-refractivity contribution in [3.05, 3.63) is 11.1 Å². The third-order valence-electron chi connectivity index (χ3n) is 2.13. The quantitative estimate of drug-likeness (QED) is 0.849. The van der Waals surface area contributed by atoms with Gasteiger partial charge >= 0.3 is 18.0 Å².